The van der Waals surface area contributed by atoms with E-state index in [4.69, 9.17) is 14.6 Å². The highest BCUT2D eigenvalue weighted by Crippen LogP contribution is 2.33. The van der Waals surface area contributed by atoms with Crippen LogP contribution in [0.3, 0.4) is 0 Å². The molecular weight excluding hydrogens is 421 g/mol. The molecule has 0 unspecified atom stereocenters. The molecule has 0 bridgehead atoms. The quantitative estimate of drug-likeness (QED) is 0.543. The first-order chi connectivity index (χ1) is 11.4. The molecule has 0 radical (unpaired) electrons. The first-order valence-corrected chi connectivity index (χ1v) is 8.32. The summed E-state index contributed by atoms with van der Waals surface area (Å²) in [6.07, 6.45) is 1.76. The Kier molecular flexibility index (Phi) is 6.19. The molecule has 0 aliphatic heterocycles. The molecule has 5 nitrogen and oxygen atoms in total. The van der Waals surface area contributed by atoms with Crippen molar-refractivity contribution in [3.8, 4) is 11.5 Å². The number of aliphatic carboxylic acids is 1. The molecule has 0 aromatic heterocycles. The van der Waals surface area contributed by atoms with Gasteiger partial charge in [-0.25, -0.2) is 4.79 Å². The summed E-state index contributed by atoms with van der Waals surface area (Å²) in [4.78, 5) is 15.2. The molecule has 2 aromatic rings. The highest BCUT2D eigenvalue weighted by atomic mass is 127. The molecule has 0 aliphatic rings. The maximum absolute atomic E-state index is 10.7. The molecular formula is C18H18INO4. The summed E-state index contributed by atoms with van der Waals surface area (Å²) in [7, 11) is 1.52. The van der Waals surface area contributed by atoms with Crippen molar-refractivity contribution in [1.29, 1.82) is 0 Å². The normalized spacial score (nSPS) is 10.8. The lowest BCUT2D eigenvalue weighted by atomic mass is 10.1. The van der Waals surface area contributed by atoms with Crippen molar-refractivity contribution in [1.82, 2.24) is 0 Å². The third-order valence-corrected chi connectivity index (χ3v) is 4.11. The number of methoxy groups -OCH3 is 1. The molecule has 0 atom stereocenters. The summed E-state index contributed by atoms with van der Waals surface area (Å²) < 4.78 is 11.4. The van der Waals surface area contributed by atoms with E-state index in [2.05, 4.69) is 33.6 Å². The zero-order valence-electron chi connectivity index (χ0n) is 13.7. The topological polar surface area (TPSA) is 68.1 Å². The summed E-state index contributed by atoms with van der Waals surface area (Å²) in [5, 5.41) is 8.75. The van der Waals surface area contributed by atoms with Crippen LogP contribution in [0.5, 0.6) is 11.5 Å². The molecule has 0 saturated carbocycles. The number of aliphatic imine (C=N–C) groups is 1. The maximum atomic E-state index is 10.7. The smallest absolute Gasteiger partial charge is 0.341 e. The highest BCUT2D eigenvalue weighted by Gasteiger charge is 2.12. The molecule has 0 spiro atoms. The molecule has 0 saturated heterocycles. The van der Waals surface area contributed by atoms with Crippen LogP contribution in [0.15, 0.2) is 35.3 Å². The Morgan fingerprint density at radius 1 is 1.29 bits per heavy atom. The molecule has 6 heteroatoms. The van der Waals surface area contributed by atoms with Gasteiger partial charge in [-0.15, -0.1) is 0 Å². The number of carboxylic acid groups (broad SMARTS) is 1. The predicted molar refractivity (Wildman–Crippen MR) is 102 cm³/mol. The van der Waals surface area contributed by atoms with E-state index in [1.54, 1.807) is 12.3 Å². The van der Waals surface area contributed by atoms with Crippen LogP contribution in [-0.2, 0) is 4.79 Å². The molecule has 0 amide bonds. The van der Waals surface area contributed by atoms with Gasteiger partial charge in [-0.2, -0.15) is 0 Å². The van der Waals surface area contributed by atoms with Crippen LogP contribution < -0.4 is 9.47 Å². The second-order valence-corrected chi connectivity index (χ2v) is 6.43. The van der Waals surface area contributed by atoms with Crippen LogP contribution in [0.4, 0.5) is 5.69 Å². The van der Waals surface area contributed by atoms with E-state index in [1.807, 2.05) is 32.0 Å². The Bertz CT molecular complexity index is 787. The third-order valence-electron chi connectivity index (χ3n) is 3.31. The van der Waals surface area contributed by atoms with E-state index in [-0.39, 0.29) is 0 Å². The molecule has 2 rings (SSSR count). The van der Waals surface area contributed by atoms with E-state index in [9.17, 15) is 4.79 Å². The van der Waals surface area contributed by atoms with Crippen molar-refractivity contribution in [2.24, 2.45) is 4.99 Å². The summed E-state index contributed by atoms with van der Waals surface area (Å²) in [5.41, 5.74) is 4.01. The van der Waals surface area contributed by atoms with Crippen molar-refractivity contribution in [3.63, 3.8) is 0 Å². The summed E-state index contributed by atoms with van der Waals surface area (Å²) >= 11 is 2.09. The first kappa shape index (κ1) is 18.3. The van der Waals surface area contributed by atoms with Crippen molar-refractivity contribution in [3.05, 3.63) is 50.6 Å². The van der Waals surface area contributed by atoms with Gasteiger partial charge < -0.3 is 14.6 Å². The van der Waals surface area contributed by atoms with Gasteiger partial charge in [0.05, 0.1) is 16.4 Å². The molecule has 24 heavy (non-hydrogen) atoms. The minimum atomic E-state index is -1.03. The number of ether oxygens (including phenoxy) is 2. The minimum absolute atomic E-state index is 0.414. The van der Waals surface area contributed by atoms with Crippen molar-refractivity contribution in [2.75, 3.05) is 13.7 Å². The first-order valence-electron chi connectivity index (χ1n) is 7.24. The largest absolute Gasteiger partial charge is 0.493 e. The fraction of sp³-hybridized carbons (Fsp3) is 0.222. The molecule has 0 fully saturated rings. The average molecular weight is 439 g/mol. The second-order valence-electron chi connectivity index (χ2n) is 5.26. The maximum Gasteiger partial charge on any atom is 0.341 e. The highest BCUT2D eigenvalue weighted by molar-refractivity contribution is 14.1. The molecule has 0 aliphatic carbocycles. The number of carbonyl (C=O) groups is 1. The molecule has 2 aromatic carbocycles. The van der Waals surface area contributed by atoms with Gasteiger partial charge in [-0.3, -0.25) is 4.99 Å². The minimum Gasteiger partial charge on any atom is -0.493 e. The lowest BCUT2D eigenvalue weighted by Gasteiger charge is -2.12. The number of halogens is 1. The number of carboxylic acids is 1. The van der Waals surface area contributed by atoms with Gasteiger partial charge in [0.1, 0.15) is 0 Å². The van der Waals surface area contributed by atoms with Crippen molar-refractivity contribution < 1.29 is 19.4 Å². The molecule has 0 heterocycles. The number of hydrogen-bond acceptors (Lipinski definition) is 4. The Labute approximate surface area is 154 Å². The fourth-order valence-corrected chi connectivity index (χ4v) is 2.87. The van der Waals surface area contributed by atoms with Crippen molar-refractivity contribution in [2.45, 2.75) is 13.8 Å². The van der Waals surface area contributed by atoms with E-state index in [0.29, 0.717) is 11.5 Å². The average Bonchev–Trinajstić information content (AvgIpc) is 2.53. The zero-order chi connectivity index (χ0) is 17.7. The second kappa shape index (κ2) is 8.14. The van der Waals surface area contributed by atoms with Crippen LogP contribution in [0.25, 0.3) is 0 Å². The van der Waals surface area contributed by atoms with Gasteiger partial charge in [0, 0.05) is 6.21 Å². The van der Waals surface area contributed by atoms with Crippen LogP contribution in [0.2, 0.25) is 0 Å². The summed E-state index contributed by atoms with van der Waals surface area (Å²) in [6, 6.07) is 9.76. The summed E-state index contributed by atoms with van der Waals surface area (Å²) in [5.74, 6) is -0.136. The fourth-order valence-electron chi connectivity index (χ4n) is 2.09. The van der Waals surface area contributed by atoms with Crippen LogP contribution in [0, 0.1) is 17.4 Å². The van der Waals surface area contributed by atoms with Crippen LogP contribution in [-0.4, -0.2) is 31.0 Å². The number of nitrogens with zero attached hydrogens (tertiary/aromatic N) is 1. The number of hydrogen-bond donors (Lipinski definition) is 1. The predicted octanol–water partition coefficient (Wildman–Crippen LogP) is 4.13. The van der Waals surface area contributed by atoms with Gasteiger partial charge in [-0.1, -0.05) is 12.1 Å². The number of rotatable bonds is 6. The van der Waals surface area contributed by atoms with Gasteiger partial charge in [-0.05, 0) is 71.3 Å². The summed E-state index contributed by atoms with van der Waals surface area (Å²) in [6.45, 7) is 3.63. The molecule has 126 valence electrons. The van der Waals surface area contributed by atoms with Crippen molar-refractivity contribution >= 4 is 40.5 Å². The van der Waals surface area contributed by atoms with Crippen LogP contribution >= 0.6 is 22.6 Å². The van der Waals surface area contributed by atoms with E-state index < -0.39 is 12.6 Å². The Morgan fingerprint density at radius 2 is 2.04 bits per heavy atom. The van der Waals surface area contributed by atoms with Gasteiger partial charge in [0.15, 0.2) is 18.1 Å². The van der Waals surface area contributed by atoms with Gasteiger partial charge in [0.2, 0.25) is 0 Å². The Balaban J connectivity index is 2.31. The standard InChI is InChI=1S/C18H18INO4/c1-11-4-5-12(2)15(6-11)20-9-13-7-14(19)18(16(8-13)23-3)24-10-17(21)22/h4-9H,10H2,1-3H3,(H,21,22). The monoisotopic (exact) mass is 439 g/mol. The third kappa shape index (κ3) is 4.70. The van der Waals surface area contributed by atoms with Gasteiger partial charge in [0.25, 0.3) is 0 Å². The van der Waals surface area contributed by atoms with Crippen LogP contribution in [0.1, 0.15) is 16.7 Å². The molecule has 1 N–H and O–H groups in total. The SMILES string of the molecule is COc1cc(C=Nc2cc(C)ccc2C)cc(I)c1OCC(=O)O. The van der Waals surface area contributed by atoms with Gasteiger partial charge >= 0.3 is 5.97 Å². The lowest BCUT2D eigenvalue weighted by Crippen LogP contribution is -2.11. The van der Waals surface area contributed by atoms with E-state index in [1.165, 1.54) is 7.11 Å². The number of aryl methyl sites for hydroxylation is 2. The Morgan fingerprint density at radius 3 is 2.71 bits per heavy atom. The number of benzene rings is 2. The van der Waals surface area contributed by atoms with E-state index >= 15 is 0 Å². The van der Waals surface area contributed by atoms with E-state index in [0.717, 1.165) is 25.9 Å². The zero-order valence-corrected chi connectivity index (χ0v) is 15.8. The lowest BCUT2D eigenvalue weighted by molar-refractivity contribution is -0.139. The Hall–Kier alpha value is -2.09.